The average molecular weight is 376 g/mol. The summed E-state index contributed by atoms with van der Waals surface area (Å²) in [6.45, 7) is 8.24. The molecule has 0 radical (unpaired) electrons. The molecular weight excluding hydrogens is 348 g/mol. The first-order valence-electron chi connectivity index (χ1n) is 9.08. The number of carbonyl (C=O) groups is 2. The van der Waals surface area contributed by atoms with Gasteiger partial charge in [0.15, 0.2) is 23.0 Å². The predicted molar refractivity (Wildman–Crippen MR) is 102 cm³/mol. The Bertz CT molecular complexity index is 740. The van der Waals surface area contributed by atoms with Crippen LogP contribution in [0.3, 0.4) is 0 Å². The highest BCUT2D eigenvalue weighted by Gasteiger charge is 2.42. The molecule has 7 nitrogen and oxygen atoms in total. The Labute approximate surface area is 160 Å². The molecule has 7 heteroatoms. The zero-order chi connectivity index (χ0) is 20.1. The van der Waals surface area contributed by atoms with Gasteiger partial charge in [0.1, 0.15) is 0 Å². The molecule has 1 aromatic carbocycles. The lowest BCUT2D eigenvalue weighted by molar-refractivity contribution is -0.129. The van der Waals surface area contributed by atoms with Gasteiger partial charge < -0.3 is 24.4 Å². The van der Waals surface area contributed by atoms with Crippen molar-refractivity contribution in [1.29, 1.82) is 0 Å². The molecule has 0 saturated carbocycles. The molecule has 1 aliphatic heterocycles. The fourth-order valence-corrected chi connectivity index (χ4v) is 3.40. The minimum absolute atomic E-state index is 0.117. The van der Waals surface area contributed by atoms with E-state index in [1.807, 2.05) is 0 Å². The van der Waals surface area contributed by atoms with E-state index in [0.717, 1.165) is 13.1 Å². The van der Waals surface area contributed by atoms with Crippen LogP contribution in [0.15, 0.2) is 29.5 Å². The lowest BCUT2D eigenvalue weighted by atomic mass is 9.96. The molecule has 0 aliphatic carbocycles. The van der Waals surface area contributed by atoms with Crippen molar-refractivity contribution >= 4 is 11.7 Å². The molecule has 2 rings (SSSR count). The predicted octanol–water partition coefficient (Wildman–Crippen LogP) is 2.33. The van der Waals surface area contributed by atoms with Crippen molar-refractivity contribution in [2.75, 3.05) is 40.4 Å². The maximum absolute atomic E-state index is 12.7. The van der Waals surface area contributed by atoms with Crippen molar-refractivity contribution in [1.82, 2.24) is 9.80 Å². The SMILES string of the molecule is CCN(CC)CCN1C(=O)C(O)=C(C(C)=O)[C@@H]1c1ccc(OC)c(OC)c1. The van der Waals surface area contributed by atoms with Crippen LogP contribution in [-0.2, 0) is 9.59 Å². The van der Waals surface area contributed by atoms with Crippen LogP contribution in [0.2, 0.25) is 0 Å². The first-order valence-corrected chi connectivity index (χ1v) is 9.08. The van der Waals surface area contributed by atoms with E-state index >= 15 is 0 Å². The first-order chi connectivity index (χ1) is 12.9. The molecule has 0 unspecified atom stereocenters. The van der Waals surface area contributed by atoms with E-state index in [2.05, 4.69) is 18.7 Å². The standard InChI is InChI=1S/C20H28N2O5/c1-6-21(7-2)10-11-22-18(17(13(3)23)19(24)20(22)25)14-8-9-15(26-4)16(12-14)27-5/h8-9,12,18,24H,6-7,10-11H2,1-5H3/t18-/m0/s1. The Morgan fingerprint density at radius 1 is 1.19 bits per heavy atom. The Morgan fingerprint density at radius 2 is 1.81 bits per heavy atom. The largest absolute Gasteiger partial charge is 0.503 e. The van der Waals surface area contributed by atoms with E-state index in [4.69, 9.17) is 9.47 Å². The van der Waals surface area contributed by atoms with Crippen LogP contribution in [0.25, 0.3) is 0 Å². The van der Waals surface area contributed by atoms with Crippen LogP contribution in [0.5, 0.6) is 11.5 Å². The summed E-state index contributed by atoms with van der Waals surface area (Å²) in [4.78, 5) is 28.6. The van der Waals surface area contributed by atoms with E-state index in [1.54, 1.807) is 30.2 Å². The van der Waals surface area contributed by atoms with Crippen LogP contribution in [0, 0.1) is 0 Å². The summed E-state index contributed by atoms with van der Waals surface area (Å²) in [5.74, 6) is -0.266. The average Bonchev–Trinajstić information content (AvgIpc) is 2.93. The van der Waals surface area contributed by atoms with Crippen molar-refractivity contribution in [3.8, 4) is 11.5 Å². The van der Waals surface area contributed by atoms with Gasteiger partial charge in [-0.25, -0.2) is 0 Å². The molecule has 27 heavy (non-hydrogen) atoms. The highest BCUT2D eigenvalue weighted by molar-refractivity contribution is 6.08. The zero-order valence-electron chi connectivity index (χ0n) is 16.6. The summed E-state index contributed by atoms with van der Waals surface area (Å²) < 4.78 is 10.6. The van der Waals surface area contributed by atoms with Gasteiger partial charge in [-0.2, -0.15) is 0 Å². The maximum atomic E-state index is 12.7. The van der Waals surface area contributed by atoms with Gasteiger partial charge in [0.2, 0.25) is 0 Å². The number of nitrogens with zero attached hydrogens (tertiary/aromatic N) is 2. The minimum atomic E-state index is -0.648. The summed E-state index contributed by atoms with van der Waals surface area (Å²) in [6, 6.07) is 4.60. The number of methoxy groups -OCH3 is 2. The number of Topliss-reactive ketones (excluding diaryl/α,β-unsaturated/α-hetero) is 1. The Kier molecular flexibility index (Phi) is 6.85. The van der Waals surface area contributed by atoms with E-state index < -0.39 is 17.7 Å². The molecule has 1 aromatic rings. The number of aliphatic hydroxyl groups excluding tert-OH is 1. The minimum Gasteiger partial charge on any atom is -0.503 e. The number of ether oxygens (including phenoxy) is 2. The molecule has 0 bridgehead atoms. The molecule has 1 N–H and O–H groups in total. The van der Waals surface area contributed by atoms with Crippen molar-refractivity contribution in [3.05, 3.63) is 35.1 Å². The first kappa shape index (κ1) is 20.8. The van der Waals surface area contributed by atoms with Crippen molar-refractivity contribution in [3.63, 3.8) is 0 Å². The van der Waals surface area contributed by atoms with Crippen molar-refractivity contribution < 1.29 is 24.2 Å². The second kappa shape index (κ2) is 8.90. The molecule has 0 spiro atoms. The number of carbonyl (C=O) groups excluding carboxylic acids is 2. The van der Waals surface area contributed by atoms with Gasteiger partial charge >= 0.3 is 0 Å². The molecule has 0 fully saturated rings. The number of amides is 1. The summed E-state index contributed by atoms with van der Waals surface area (Å²) in [5.41, 5.74) is 0.807. The number of rotatable bonds is 9. The number of likely N-dealkylation sites (N-methyl/N-ethyl adjacent to an activating group) is 1. The lowest BCUT2D eigenvalue weighted by Crippen LogP contribution is -2.38. The Balaban J connectivity index is 2.45. The second-order valence-corrected chi connectivity index (χ2v) is 6.36. The normalized spacial score (nSPS) is 17.0. The summed E-state index contributed by atoms with van der Waals surface area (Å²) in [6.07, 6.45) is 0. The number of benzene rings is 1. The van der Waals surface area contributed by atoms with Gasteiger partial charge in [-0.05, 0) is 37.7 Å². The molecule has 148 valence electrons. The number of hydrogen-bond donors (Lipinski definition) is 1. The fraction of sp³-hybridized carbons (Fsp3) is 0.500. The van der Waals surface area contributed by atoms with Gasteiger partial charge in [0, 0.05) is 13.1 Å². The van der Waals surface area contributed by atoms with Crippen LogP contribution < -0.4 is 9.47 Å². The zero-order valence-corrected chi connectivity index (χ0v) is 16.6. The quantitative estimate of drug-likeness (QED) is 0.713. The number of aliphatic hydroxyl groups is 1. The van der Waals surface area contributed by atoms with E-state index in [1.165, 1.54) is 14.0 Å². The van der Waals surface area contributed by atoms with Gasteiger partial charge in [-0.15, -0.1) is 0 Å². The van der Waals surface area contributed by atoms with Gasteiger partial charge in [0.25, 0.3) is 5.91 Å². The third kappa shape index (κ3) is 4.08. The highest BCUT2D eigenvalue weighted by Crippen LogP contribution is 2.40. The van der Waals surface area contributed by atoms with Crippen LogP contribution in [0.1, 0.15) is 32.4 Å². The van der Waals surface area contributed by atoms with Gasteiger partial charge in [-0.3, -0.25) is 9.59 Å². The molecular formula is C20H28N2O5. The fourth-order valence-electron chi connectivity index (χ4n) is 3.40. The smallest absolute Gasteiger partial charge is 0.290 e. The molecule has 1 heterocycles. The number of hydrogen-bond acceptors (Lipinski definition) is 6. The Morgan fingerprint density at radius 3 is 2.33 bits per heavy atom. The highest BCUT2D eigenvalue weighted by atomic mass is 16.5. The molecule has 1 aliphatic rings. The monoisotopic (exact) mass is 376 g/mol. The summed E-state index contributed by atoms with van der Waals surface area (Å²) in [5, 5.41) is 10.3. The van der Waals surface area contributed by atoms with Crippen molar-refractivity contribution in [2.45, 2.75) is 26.8 Å². The van der Waals surface area contributed by atoms with Crippen LogP contribution >= 0.6 is 0 Å². The maximum Gasteiger partial charge on any atom is 0.290 e. The topological polar surface area (TPSA) is 79.3 Å². The van der Waals surface area contributed by atoms with Crippen molar-refractivity contribution in [2.24, 2.45) is 0 Å². The third-order valence-corrected chi connectivity index (χ3v) is 4.96. The van der Waals surface area contributed by atoms with E-state index in [-0.39, 0.29) is 11.4 Å². The summed E-state index contributed by atoms with van der Waals surface area (Å²) in [7, 11) is 3.07. The third-order valence-electron chi connectivity index (χ3n) is 4.96. The second-order valence-electron chi connectivity index (χ2n) is 6.36. The van der Waals surface area contributed by atoms with E-state index in [9.17, 15) is 14.7 Å². The lowest BCUT2D eigenvalue weighted by Gasteiger charge is -2.29. The molecule has 1 amide bonds. The van der Waals surface area contributed by atoms with Gasteiger partial charge in [0.05, 0.1) is 25.8 Å². The molecule has 0 saturated heterocycles. The summed E-state index contributed by atoms with van der Waals surface area (Å²) >= 11 is 0. The Hall–Kier alpha value is -2.54. The van der Waals surface area contributed by atoms with Crippen LogP contribution in [-0.4, -0.2) is 67.0 Å². The number of ketones is 1. The van der Waals surface area contributed by atoms with E-state index in [0.29, 0.717) is 30.2 Å². The molecule has 0 aromatic heterocycles. The van der Waals surface area contributed by atoms with Gasteiger partial charge in [-0.1, -0.05) is 19.9 Å². The van der Waals surface area contributed by atoms with Crippen LogP contribution in [0.4, 0.5) is 0 Å². The molecule has 1 atom stereocenters.